The first-order chi connectivity index (χ1) is 10.3. The van der Waals surface area contributed by atoms with Gasteiger partial charge in [0.15, 0.2) is 0 Å². The van der Waals surface area contributed by atoms with Crippen molar-refractivity contribution in [1.29, 1.82) is 0 Å². The van der Waals surface area contributed by atoms with Crippen LogP contribution in [0, 0.1) is 11.8 Å². The molecule has 1 N–H and O–H groups in total. The number of nitrogens with zero attached hydrogens (tertiary/aromatic N) is 1. The summed E-state index contributed by atoms with van der Waals surface area (Å²) in [4.78, 5) is 2.86. The Kier molecular flexibility index (Phi) is 5.61. The molecule has 0 radical (unpaired) electrons. The van der Waals surface area contributed by atoms with Crippen LogP contribution in [0.5, 0.6) is 0 Å². The van der Waals surface area contributed by atoms with Gasteiger partial charge in [-0.25, -0.2) is 0 Å². The van der Waals surface area contributed by atoms with Crippen molar-refractivity contribution in [2.45, 2.75) is 102 Å². The Hall–Kier alpha value is -0.0800. The molecule has 2 saturated carbocycles. The van der Waals surface area contributed by atoms with Gasteiger partial charge in [0.05, 0.1) is 6.10 Å². The Balaban J connectivity index is 1.64. The average Bonchev–Trinajstić information content (AvgIpc) is 2.55. The summed E-state index contributed by atoms with van der Waals surface area (Å²) < 4.78 is 0. The predicted octanol–water partition coefficient (Wildman–Crippen LogP) is 4.36. The molecule has 0 aromatic rings. The highest BCUT2D eigenvalue weighted by molar-refractivity contribution is 4.92. The van der Waals surface area contributed by atoms with Crippen molar-refractivity contribution in [3.05, 3.63) is 0 Å². The molecule has 0 bridgehead atoms. The van der Waals surface area contributed by atoms with E-state index >= 15 is 0 Å². The molecule has 0 aromatic heterocycles. The third-order valence-corrected chi connectivity index (χ3v) is 6.73. The first kappa shape index (κ1) is 15.8. The minimum absolute atomic E-state index is 0.0173. The third kappa shape index (κ3) is 3.64. The first-order valence-corrected chi connectivity index (χ1v) is 9.73. The average molecular weight is 293 g/mol. The standard InChI is InChI=1S/C19H35NO/c1-2-15-10-12-16(13-11-15)20-14-6-5-8-18(20)17-7-3-4-9-19(17)21/h15-19,21H,2-14H2,1H3. The van der Waals surface area contributed by atoms with E-state index in [-0.39, 0.29) is 6.10 Å². The molecule has 1 heterocycles. The monoisotopic (exact) mass is 293 g/mol. The second-order valence-corrected chi connectivity index (χ2v) is 7.90. The topological polar surface area (TPSA) is 23.5 Å². The van der Waals surface area contributed by atoms with Crippen LogP contribution in [0.3, 0.4) is 0 Å². The van der Waals surface area contributed by atoms with Crippen molar-refractivity contribution >= 4 is 0 Å². The Morgan fingerprint density at radius 1 is 0.857 bits per heavy atom. The molecule has 3 rings (SSSR count). The molecule has 1 aliphatic heterocycles. The second kappa shape index (κ2) is 7.46. The highest BCUT2D eigenvalue weighted by Crippen LogP contribution is 2.38. The highest BCUT2D eigenvalue weighted by Gasteiger charge is 2.38. The van der Waals surface area contributed by atoms with Gasteiger partial charge in [0, 0.05) is 18.0 Å². The number of aliphatic hydroxyl groups excluding tert-OH is 1. The maximum Gasteiger partial charge on any atom is 0.0583 e. The van der Waals surface area contributed by atoms with Crippen LogP contribution in [-0.4, -0.2) is 34.7 Å². The van der Waals surface area contributed by atoms with Gasteiger partial charge in [-0.05, 0) is 63.8 Å². The zero-order valence-corrected chi connectivity index (χ0v) is 14.0. The molecule has 3 aliphatic rings. The number of rotatable bonds is 3. The van der Waals surface area contributed by atoms with Gasteiger partial charge < -0.3 is 5.11 Å². The molecule has 3 unspecified atom stereocenters. The number of piperidine rings is 1. The van der Waals surface area contributed by atoms with Crippen LogP contribution in [0.4, 0.5) is 0 Å². The maximum absolute atomic E-state index is 10.5. The van der Waals surface area contributed by atoms with E-state index in [1.54, 1.807) is 0 Å². The van der Waals surface area contributed by atoms with Gasteiger partial charge in [-0.15, -0.1) is 0 Å². The van der Waals surface area contributed by atoms with E-state index in [4.69, 9.17) is 0 Å². The van der Waals surface area contributed by atoms with Gasteiger partial charge in [-0.3, -0.25) is 4.90 Å². The predicted molar refractivity (Wildman–Crippen MR) is 88.3 cm³/mol. The minimum Gasteiger partial charge on any atom is -0.393 e. The highest BCUT2D eigenvalue weighted by atomic mass is 16.3. The number of aliphatic hydroxyl groups is 1. The van der Waals surface area contributed by atoms with Gasteiger partial charge in [0.1, 0.15) is 0 Å². The molecular formula is C19H35NO. The summed E-state index contributed by atoms with van der Waals surface area (Å²) in [6.07, 6.45) is 16.1. The van der Waals surface area contributed by atoms with E-state index in [1.807, 2.05) is 0 Å². The lowest BCUT2D eigenvalue weighted by Gasteiger charge is -2.48. The molecule has 3 atom stereocenters. The van der Waals surface area contributed by atoms with Gasteiger partial charge in [-0.2, -0.15) is 0 Å². The van der Waals surface area contributed by atoms with Crippen molar-refractivity contribution in [2.75, 3.05) is 6.54 Å². The maximum atomic E-state index is 10.5. The SMILES string of the molecule is CCC1CCC(N2CCCCC2C2CCCCC2O)CC1. The molecular weight excluding hydrogens is 258 g/mol. The fraction of sp³-hybridized carbons (Fsp3) is 1.00. The van der Waals surface area contributed by atoms with E-state index in [2.05, 4.69) is 11.8 Å². The van der Waals surface area contributed by atoms with Gasteiger partial charge in [-0.1, -0.05) is 32.6 Å². The van der Waals surface area contributed by atoms with E-state index in [1.165, 1.54) is 77.2 Å². The lowest BCUT2D eigenvalue weighted by Crippen LogP contribution is -2.53. The third-order valence-electron chi connectivity index (χ3n) is 6.73. The molecule has 1 saturated heterocycles. The molecule has 2 aliphatic carbocycles. The zero-order valence-electron chi connectivity index (χ0n) is 14.0. The van der Waals surface area contributed by atoms with E-state index in [9.17, 15) is 5.11 Å². The minimum atomic E-state index is -0.0173. The largest absolute Gasteiger partial charge is 0.393 e. The Morgan fingerprint density at radius 2 is 1.57 bits per heavy atom. The number of hydrogen-bond donors (Lipinski definition) is 1. The van der Waals surface area contributed by atoms with E-state index in [0.717, 1.165) is 18.4 Å². The second-order valence-electron chi connectivity index (χ2n) is 7.90. The summed E-state index contributed by atoms with van der Waals surface area (Å²) in [7, 11) is 0. The molecule has 21 heavy (non-hydrogen) atoms. The zero-order chi connectivity index (χ0) is 14.7. The molecule has 0 amide bonds. The number of hydrogen-bond acceptors (Lipinski definition) is 2. The molecule has 0 aromatic carbocycles. The first-order valence-electron chi connectivity index (χ1n) is 9.73. The molecule has 0 spiro atoms. The summed E-state index contributed by atoms with van der Waals surface area (Å²) >= 11 is 0. The Labute approximate surface area is 131 Å². The van der Waals surface area contributed by atoms with Crippen LogP contribution < -0.4 is 0 Å². The van der Waals surface area contributed by atoms with Crippen LogP contribution in [-0.2, 0) is 0 Å². The van der Waals surface area contributed by atoms with Crippen LogP contribution in [0.25, 0.3) is 0 Å². The molecule has 2 heteroatoms. The summed E-state index contributed by atoms with van der Waals surface area (Å²) in [5.74, 6) is 1.56. The summed E-state index contributed by atoms with van der Waals surface area (Å²) in [6, 6.07) is 1.52. The lowest BCUT2D eigenvalue weighted by atomic mass is 9.76. The van der Waals surface area contributed by atoms with Crippen molar-refractivity contribution < 1.29 is 5.11 Å². The lowest BCUT2D eigenvalue weighted by molar-refractivity contribution is -0.0308. The van der Waals surface area contributed by atoms with Crippen LogP contribution in [0.15, 0.2) is 0 Å². The summed E-state index contributed by atoms with van der Waals surface area (Å²) in [6.45, 7) is 3.66. The van der Waals surface area contributed by atoms with E-state index < -0.39 is 0 Å². The summed E-state index contributed by atoms with van der Waals surface area (Å²) in [5.41, 5.74) is 0. The normalized spacial score (nSPS) is 42.9. The van der Waals surface area contributed by atoms with Crippen molar-refractivity contribution in [2.24, 2.45) is 11.8 Å². The van der Waals surface area contributed by atoms with Gasteiger partial charge in [0.2, 0.25) is 0 Å². The van der Waals surface area contributed by atoms with Crippen molar-refractivity contribution in [1.82, 2.24) is 4.90 Å². The van der Waals surface area contributed by atoms with Gasteiger partial charge in [0.25, 0.3) is 0 Å². The fourth-order valence-corrected chi connectivity index (χ4v) is 5.37. The molecule has 3 fully saturated rings. The fourth-order valence-electron chi connectivity index (χ4n) is 5.37. The molecule has 2 nitrogen and oxygen atoms in total. The Bertz CT molecular complexity index is 311. The van der Waals surface area contributed by atoms with Gasteiger partial charge >= 0.3 is 0 Å². The molecule has 122 valence electrons. The smallest absolute Gasteiger partial charge is 0.0583 e. The van der Waals surface area contributed by atoms with Crippen LogP contribution in [0.2, 0.25) is 0 Å². The van der Waals surface area contributed by atoms with Crippen molar-refractivity contribution in [3.8, 4) is 0 Å². The Morgan fingerprint density at radius 3 is 2.29 bits per heavy atom. The quantitative estimate of drug-likeness (QED) is 0.835. The van der Waals surface area contributed by atoms with Crippen LogP contribution in [0.1, 0.15) is 84.0 Å². The van der Waals surface area contributed by atoms with Crippen molar-refractivity contribution in [3.63, 3.8) is 0 Å². The number of likely N-dealkylation sites (tertiary alicyclic amines) is 1. The summed E-state index contributed by atoms with van der Waals surface area (Å²) in [5, 5.41) is 10.5. The van der Waals surface area contributed by atoms with E-state index in [0.29, 0.717) is 12.0 Å². The van der Waals surface area contributed by atoms with Crippen LogP contribution >= 0.6 is 0 Å².